The maximum absolute atomic E-state index is 11.6. The highest BCUT2D eigenvalue weighted by atomic mass is 16.2. The first-order chi connectivity index (χ1) is 8.29. The van der Waals surface area contributed by atoms with E-state index in [1.165, 1.54) is 19.3 Å². The molecule has 1 N–H and O–H groups in total. The maximum Gasteiger partial charge on any atom is 0.223 e. The molecular weight excluding hydrogens is 224 g/mol. The lowest BCUT2D eigenvalue weighted by molar-refractivity contribution is -0.128. The summed E-state index contributed by atoms with van der Waals surface area (Å²) in [5.41, 5.74) is 0.870. The van der Waals surface area contributed by atoms with Gasteiger partial charge in [0.25, 0.3) is 0 Å². The van der Waals surface area contributed by atoms with Crippen LogP contribution in [-0.4, -0.2) is 37.5 Å². The molecule has 3 nitrogen and oxygen atoms in total. The van der Waals surface area contributed by atoms with Gasteiger partial charge in [-0.3, -0.25) is 4.79 Å². The van der Waals surface area contributed by atoms with E-state index in [4.69, 9.17) is 0 Å². The van der Waals surface area contributed by atoms with Gasteiger partial charge in [0, 0.05) is 33.1 Å². The van der Waals surface area contributed by atoms with Crippen LogP contribution in [0.15, 0.2) is 0 Å². The SMILES string of the molecule is CN(C)C(=O)CCNC1CC2CCC1(C)C2(C)C. The molecule has 0 aromatic heterocycles. The standard InChI is InChI=1S/C15H28N2O/c1-14(2)11-6-8-15(14,3)12(10-11)16-9-7-13(18)17(4)5/h11-12,16H,6-10H2,1-5H3. The van der Waals surface area contributed by atoms with Gasteiger partial charge in [-0.15, -0.1) is 0 Å². The van der Waals surface area contributed by atoms with E-state index in [0.717, 1.165) is 12.5 Å². The summed E-state index contributed by atoms with van der Waals surface area (Å²) in [4.78, 5) is 13.2. The lowest BCUT2D eigenvalue weighted by atomic mass is 9.69. The molecular formula is C15H28N2O. The molecule has 0 spiro atoms. The van der Waals surface area contributed by atoms with Gasteiger partial charge in [-0.1, -0.05) is 20.8 Å². The number of rotatable bonds is 4. The minimum atomic E-state index is 0.218. The van der Waals surface area contributed by atoms with Crippen LogP contribution in [0.1, 0.15) is 46.5 Å². The maximum atomic E-state index is 11.6. The van der Waals surface area contributed by atoms with Gasteiger partial charge >= 0.3 is 0 Å². The molecule has 104 valence electrons. The van der Waals surface area contributed by atoms with Gasteiger partial charge in [-0.05, 0) is 36.0 Å². The lowest BCUT2D eigenvalue weighted by Gasteiger charge is -2.39. The zero-order valence-electron chi connectivity index (χ0n) is 12.5. The van der Waals surface area contributed by atoms with E-state index in [1.807, 2.05) is 14.1 Å². The molecule has 0 aliphatic heterocycles. The largest absolute Gasteiger partial charge is 0.349 e. The fourth-order valence-electron chi connectivity index (χ4n) is 4.09. The summed E-state index contributed by atoms with van der Waals surface area (Å²) in [6.45, 7) is 8.11. The van der Waals surface area contributed by atoms with E-state index >= 15 is 0 Å². The van der Waals surface area contributed by atoms with Crippen LogP contribution in [0.3, 0.4) is 0 Å². The van der Waals surface area contributed by atoms with Crippen molar-refractivity contribution in [1.29, 1.82) is 0 Å². The van der Waals surface area contributed by atoms with Gasteiger partial charge in [0.1, 0.15) is 0 Å². The van der Waals surface area contributed by atoms with Crippen LogP contribution in [0.4, 0.5) is 0 Å². The number of hydrogen-bond donors (Lipinski definition) is 1. The van der Waals surface area contributed by atoms with Crippen molar-refractivity contribution in [2.75, 3.05) is 20.6 Å². The molecule has 0 heterocycles. The van der Waals surface area contributed by atoms with Crippen LogP contribution in [0.5, 0.6) is 0 Å². The van der Waals surface area contributed by atoms with E-state index in [9.17, 15) is 4.79 Å². The van der Waals surface area contributed by atoms with Gasteiger partial charge in [0.05, 0.1) is 0 Å². The number of carbonyl (C=O) groups excluding carboxylic acids is 1. The first-order valence-corrected chi connectivity index (χ1v) is 7.22. The molecule has 2 saturated carbocycles. The highest BCUT2D eigenvalue weighted by Gasteiger charge is 2.60. The molecule has 0 aromatic rings. The molecule has 0 radical (unpaired) electrons. The molecule has 3 unspecified atom stereocenters. The van der Waals surface area contributed by atoms with Crippen LogP contribution in [0, 0.1) is 16.7 Å². The Hall–Kier alpha value is -0.570. The Morgan fingerprint density at radius 3 is 2.44 bits per heavy atom. The van der Waals surface area contributed by atoms with E-state index in [-0.39, 0.29) is 5.91 Å². The number of hydrogen-bond acceptors (Lipinski definition) is 2. The summed E-state index contributed by atoms with van der Waals surface area (Å²) >= 11 is 0. The molecule has 2 rings (SSSR count). The number of nitrogens with zero attached hydrogens (tertiary/aromatic N) is 1. The fourth-order valence-corrected chi connectivity index (χ4v) is 4.09. The Bertz CT molecular complexity index is 337. The third kappa shape index (κ3) is 1.97. The smallest absolute Gasteiger partial charge is 0.223 e. The lowest BCUT2D eigenvalue weighted by Crippen LogP contribution is -2.45. The number of nitrogens with one attached hydrogen (secondary N) is 1. The van der Waals surface area contributed by atoms with Crippen molar-refractivity contribution in [3.05, 3.63) is 0 Å². The highest BCUT2D eigenvalue weighted by Crippen LogP contribution is 2.65. The topological polar surface area (TPSA) is 32.3 Å². The third-order valence-corrected chi connectivity index (χ3v) is 6.02. The molecule has 3 atom stereocenters. The number of amides is 1. The van der Waals surface area contributed by atoms with E-state index in [0.29, 0.717) is 23.3 Å². The fraction of sp³-hybridized carbons (Fsp3) is 0.933. The third-order valence-electron chi connectivity index (χ3n) is 6.02. The van der Waals surface area contributed by atoms with Crippen molar-refractivity contribution in [1.82, 2.24) is 10.2 Å². The summed E-state index contributed by atoms with van der Waals surface area (Å²) in [5, 5.41) is 3.65. The zero-order valence-corrected chi connectivity index (χ0v) is 12.5. The first-order valence-electron chi connectivity index (χ1n) is 7.22. The molecule has 2 bridgehead atoms. The normalized spacial score (nSPS) is 36.9. The highest BCUT2D eigenvalue weighted by molar-refractivity contribution is 5.75. The number of fused-ring (bicyclic) bond motifs is 2. The van der Waals surface area contributed by atoms with Crippen molar-refractivity contribution in [2.24, 2.45) is 16.7 Å². The van der Waals surface area contributed by atoms with Crippen molar-refractivity contribution in [2.45, 2.75) is 52.5 Å². The molecule has 0 saturated heterocycles. The van der Waals surface area contributed by atoms with Gasteiger partial charge in [0.2, 0.25) is 5.91 Å². The predicted octanol–water partition coefficient (Wildman–Crippen LogP) is 2.27. The van der Waals surface area contributed by atoms with E-state index in [1.54, 1.807) is 4.90 Å². The zero-order chi connectivity index (χ0) is 13.6. The Morgan fingerprint density at radius 2 is 2.00 bits per heavy atom. The van der Waals surface area contributed by atoms with E-state index in [2.05, 4.69) is 26.1 Å². The second-order valence-corrected chi connectivity index (χ2v) is 7.16. The summed E-state index contributed by atoms with van der Waals surface area (Å²) in [7, 11) is 3.65. The molecule has 1 amide bonds. The molecule has 2 aliphatic carbocycles. The molecule has 2 aliphatic rings. The average Bonchev–Trinajstić information content (AvgIpc) is 2.61. The van der Waals surface area contributed by atoms with Gasteiger partial charge < -0.3 is 10.2 Å². The Labute approximate surface area is 111 Å². The first kappa shape index (κ1) is 13.9. The van der Waals surface area contributed by atoms with Crippen molar-refractivity contribution >= 4 is 5.91 Å². The summed E-state index contributed by atoms with van der Waals surface area (Å²) in [5.74, 6) is 1.08. The summed E-state index contributed by atoms with van der Waals surface area (Å²) < 4.78 is 0. The molecule has 3 heteroatoms. The van der Waals surface area contributed by atoms with E-state index < -0.39 is 0 Å². The van der Waals surface area contributed by atoms with Crippen molar-refractivity contribution in [3.63, 3.8) is 0 Å². The average molecular weight is 252 g/mol. The summed E-state index contributed by atoms with van der Waals surface area (Å²) in [6, 6.07) is 0.598. The molecule has 0 aromatic carbocycles. The van der Waals surface area contributed by atoms with Crippen molar-refractivity contribution < 1.29 is 4.79 Å². The molecule has 18 heavy (non-hydrogen) atoms. The van der Waals surface area contributed by atoms with Crippen LogP contribution in [0.25, 0.3) is 0 Å². The molecule has 2 fully saturated rings. The van der Waals surface area contributed by atoms with Crippen LogP contribution in [-0.2, 0) is 4.79 Å². The predicted molar refractivity (Wildman–Crippen MR) is 74.3 cm³/mol. The summed E-state index contributed by atoms with van der Waals surface area (Å²) in [6.07, 6.45) is 4.63. The minimum Gasteiger partial charge on any atom is -0.349 e. The minimum absolute atomic E-state index is 0.218. The second-order valence-electron chi connectivity index (χ2n) is 7.16. The quantitative estimate of drug-likeness (QED) is 0.832. The number of carbonyl (C=O) groups is 1. The van der Waals surface area contributed by atoms with Gasteiger partial charge in [-0.25, -0.2) is 0 Å². The van der Waals surface area contributed by atoms with Crippen LogP contribution in [0.2, 0.25) is 0 Å². The van der Waals surface area contributed by atoms with Gasteiger partial charge in [0.15, 0.2) is 0 Å². The van der Waals surface area contributed by atoms with Crippen molar-refractivity contribution in [3.8, 4) is 0 Å². The second kappa shape index (κ2) is 4.52. The Kier molecular flexibility index (Phi) is 3.48. The van der Waals surface area contributed by atoms with Crippen LogP contribution < -0.4 is 5.32 Å². The Balaban J connectivity index is 1.88. The monoisotopic (exact) mass is 252 g/mol. The van der Waals surface area contributed by atoms with Crippen LogP contribution >= 0.6 is 0 Å². The van der Waals surface area contributed by atoms with Gasteiger partial charge in [-0.2, -0.15) is 0 Å². The Morgan fingerprint density at radius 1 is 1.33 bits per heavy atom.